The predicted molar refractivity (Wildman–Crippen MR) is 54.4 cm³/mol. The van der Waals surface area contributed by atoms with Crippen molar-refractivity contribution < 1.29 is 4.79 Å². The van der Waals surface area contributed by atoms with Gasteiger partial charge in [0.05, 0.1) is 17.3 Å². The van der Waals surface area contributed by atoms with Crippen molar-refractivity contribution in [2.45, 2.75) is 17.7 Å². The first-order chi connectivity index (χ1) is 6.46. The maximum absolute atomic E-state index is 11.7. The Kier molecular flexibility index (Phi) is 2.01. The van der Waals surface area contributed by atoms with E-state index in [-0.39, 0.29) is 5.91 Å². The van der Waals surface area contributed by atoms with Gasteiger partial charge in [-0.1, -0.05) is 0 Å². The highest BCUT2D eigenvalue weighted by Crippen LogP contribution is 2.64. The molecule has 4 nitrogen and oxygen atoms in total. The number of nitrogens with zero attached hydrogens (tertiary/aromatic N) is 1. The van der Waals surface area contributed by atoms with Crippen LogP contribution in [-0.2, 0) is 4.79 Å². The van der Waals surface area contributed by atoms with Crippen molar-refractivity contribution in [3.05, 3.63) is 12.4 Å². The lowest BCUT2D eigenvalue weighted by atomic mass is 10.1. The molecule has 2 rings (SSSR count). The summed E-state index contributed by atoms with van der Waals surface area (Å²) in [5, 5.41) is 8.98. The second kappa shape index (κ2) is 2.87. The van der Waals surface area contributed by atoms with Crippen molar-refractivity contribution in [2.75, 3.05) is 5.32 Å². The van der Waals surface area contributed by atoms with Crippen LogP contribution >= 0.6 is 23.2 Å². The Balaban J connectivity index is 2.05. The molecule has 1 heterocycles. The van der Waals surface area contributed by atoms with Crippen LogP contribution < -0.4 is 5.32 Å². The lowest BCUT2D eigenvalue weighted by Gasteiger charge is -2.10. The second-order valence-corrected chi connectivity index (χ2v) is 5.14. The average molecular weight is 234 g/mol. The minimum absolute atomic E-state index is 0.177. The van der Waals surface area contributed by atoms with E-state index in [1.165, 1.54) is 6.20 Å². The Hall–Kier alpha value is -0.740. The molecule has 0 aliphatic heterocycles. The summed E-state index contributed by atoms with van der Waals surface area (Å²) >= 11 is 11.7. The topological polar surface area (TPSA) is 57.8 Å². The number of alkyl halides is 2. The Morgan fingerprint density at radius 2 is 2.36 bits per heavy atom. The molecule has 76 valence electrons. The maximum Gasteiger partial charge on any atom is 0.233 e. The zero-order valence-corrected chi connectivity index (χ0v) is 8.99. The van der Waals surface area contributed by atoms with Gasteiger partial charge < -0.3 is 5.32 Å². The molecule has 2 N–H and O–H groups in total. The average Bonchev–Trinajstić information content (AvgIpc) is 2.54. The number of amides is 1. The summed E-state index contributed by atoms with van der Waals surface area (Å²) < 4.78 is -0.930. The van der Waals surface area contributed by atoms with E-state index in [1.807, 2.05) is 0 Å². The summed E-state index contributed by atoms with van der Waals surface area (Å²) in [6.45, 7) is 1.74. The number of halogens is 2. The zero-order chi connectivity index (χ0) is 10.4. The van der Waals surface area contributed by atoms with Gasteiger partial charge in [0.15, 0.2) is 0 Å². The Morgan fingerprint density at radius 3 is 2.79 bits per heavy atom. The lowest BCUT2D eigenvalue weighted by molar-refractivity contribution is -0.120. The third kappa shape index (κ3) is 1.38. The number of carbonyl (C=O) groups is 1. The van der Waals surface area contributed by atoms with Gasteiger partial charge >= 0.3 is 0 Å². The number of anilines is 1. The molecule has 1 aliphatic rings. The summed E-state index contributed by atoms with van der Waals surface area (Å²) in [6.07, 6.45) is 3.59. The first-order valence-electron chi connectivity index (χ1n) is 4.14. The third-order valence-electron chi connectivity index (χ3n) is 2.52. The molecule has 6 heteroatoms. The first-order valence-corrected chi connectivity index (χ1v) is 4.89. The highest BCUT2D eigenvalue weighted by molar-refractivity contribution is 6.53. The van der Waals surface area contributed by atoms with Crippen LogP contribution in [-0.4, -0.2) is 20.4 Å². The number of hydrogen-bond acceptors (Lipinski definition) is 2. The molecule has 1 aromatic rings. The van der Waals surface area contributed by atoms with E-state index in [9.17, 15) is 4.79 Å². The fourth-order valence-corrected chi connectivity index (χ4v) is 1.94. The molecular weight excluding hydrogens is 225 g/mol. The molecule has 0 bridgehead atoms. The maximum atomic E-state index is 11.7. The molecule has 1 aromatic heterocycles. The smallest absolute Gasteiger partial charge is 0.233 e. The van der Waals surface area contributed by atoms with Crippen LogP contribution in [0.5, 0.6) is 0 Å². The first kappa shape index (κ1) is 9.80. The van der Waals surface area contributed by atoms with Crippen LogP contribution in [0.2, 0.25) is 0 Å². The van der Waals surface area contributed by atoms with Gasteiger partial charge in [-0.15, -0.1) is 23.2 Å². The molecule has 1 fully saturated rings. The Morgan fingerprint density at radius 1 is 1.71 bits per heavy atom. The number of aromatic amines is 1. The van der Waals surface area contributed by atoms with Gasteiger partial charge in [0, 0.05) is 6.20 Å². The van der Waals surface area contributed by atoms with Crippen LogP contribution in [0.4, 0.5) is 5.69 Å². The van der Waals surface area contributed by atoms with Crippen molar-refractivity contribution in [3.8, 4) is 0 Å². The van der Waals surface area contributed by atoms with E-state index in [2.05, 4.69) is 15.5 Å². The van der Waals surface area contributed by atoms with E-state index >= 15 is 0 Å². The highest BCUT2D eigenvalue weighted by Gasteiger charge is 2.67. The summed E-state index contributed by atoms with van der Waals surface area (Å²) in [7, 11) is 0. The summed E-state index contributed by atoms with van der Waals surface area (Å²) in [5.74, 6) is -0.177. The number of carbonyl (C=O) groups excluding carboxylic acids is 1. The number of nitrogens with one attached hydrogen (secondary N) is 2. The van der Waals surface area contributed by atoms with E-state index < -0.39 is 9.75 Å². The van der Waals surface area contributed by atoms with Gasteiger partial charge in [0.1, 0.15) is 4.33 Å². The van der Waals surface area contributed by atoms with Gasteiger partial charge in [-0.05, 0) is 13.3 Å². The van der Waals surface area contributed by atoms with E-state index in [0.29, 0.717) is 12.1 Å². The largest absolute Gasteiger partial charge is 0.323 e. The SMILES string of the molecule is C[C@@]1(C(=O)Nc2cn[nH]c2)CC1(Cl)Cl. The molecule has 1 aliphatic carbocycles. The number of H-pyrrole nitrogens is 1. The molecule has 1 amide bonds. The van der Waals surface area contributed by atoms with Crippen LogP contribution in [0.3, 0.4) is 0 Å². The van der Waals surface area contributed by atoms with Crippen molar-refractivity contribution in [1.29, 1.82) is 0 Å². The van der Waals surface area contributed by atoms with E-state index in [4.69, 9.17) is 23.2 Å². The quantitative estimate of drug-likeness (QED) is 0.768. The number of rotatable bonds is 2. The molecule has 0 saturated heterocycles. The molecular formula is C8H9Cl2N3O. The van der Waals surface area contributed by atoms with Gasteiger partial charge in [-0.3, -0.25) is 9.89 Å². The van der Waals surface area contributed by atoms with Gasteiger partial charge in [-0.25, -0.2) is 0 Å². The highest BCUT2D eigenvalue weighted by atomic mass is 35.5. The van der Waals surface area contributed by atoms with Crippen LogP contribution in [0.25, 0.3) is 0 Å². The van der Waals surface area contributed by atoms with Crippen LogP contribution in [0.1, 0.15) is 13.3 Å². The van der Waals surface area contributed by atoms with Gasteiger partial charge in [0.25, 0.3) is 0 Å². The lowest BCUT2D eigenvalue weighted by Crippen LogP contribution is -2.25. The monoisotopic (exact) mass is 233 g/mol. The van der Waals surface area contributed by atoms with Crippen LogP contribution in [0, 0.1) is 5.41 Å². The van der Waals surface area contributed by atoms with Crippen molar-refractivity contribution >= 4 is 34.8 Å². The fraction of sp³-hybridized carbons (Fsp3) is 0.500. The molecule has 14 heavy (non-hydrogen) atoms. The van der Waals surface area contributed by atoms with Gasteiger partial charge in [0.2, 0.25) is 5.91 Å². The van der Waals surface area contributed by atoms with Crippen LogP contribution in [0.15, 0.2) is 12.4 Å². The zero-order valence-electron chi connectivity index (χ0n) is 7.47. The summed E-state index contributed by atoms with van der Waals surface area (Å²) in [6, 6.07) is 0. The molecule has 0 radical (unpaired) electrons. The number of aromatic nitrogens is 2. The van der Waals surface area contributed by atoms with E-state index in [0.717, 1.165) is 0 Å². The molecule has 0 unspecified atom stereocenters. The van der Waals surface area contributed by atoms with Crippen molar-refractivity contribution in [1.82, 2.24) is 10.2 Å². The minimum Gasteiger partial charge on any atom is -0.323 e. The Labute approximate surface area is 91.0 Å². The third-order valence-corrected chi connectivity index (χ3v) is 3.62. The minimum atomic E-state index is -0.930. The number of hydrogen-bond donors (Lipinski definition) is 2. The molecule has 0 spiro atoms. The second-order valence-electron chi connectivity index (χ2n) is 3.65. The summed E-state index contributed by atoms with van der Waals surface area (Å²) in [5.41, 5.74) is -0.0693. The summed E-state index contributed by atoms with van der Waals surface area (Å²) in [4.78, 5) is 11.7. The predicted octanol–water partition coefficient (Wildman–Crippen LogP) is 1.93. The molecule has 1 atom stereocenters. The Bertz CT molecular complexity index is 363. The molecule has 0 aromatic carbocycles. The van der Waals surface area contributed by atoms with E-state index in [1.54, 1.807) is 13.1 Å². The van der Waals surface area contributed by atoms with Gasteiger partial charge in [-0.2, -0.15) is 5.10 Å². The van der Waals surface area contributed by atoms with Crippen molar-refractivity contribution in [3.63, 3.8) is 0 Å². The fourth-order valence-electron chi connectivity index (χ4n) is 1.23. The van der Waals surface area contributed by atoms with Crippen molar-refractivity contribution in [2.24, 2.45) is 5.41 Å². The molecule has 1 saturated carbocycles. The normalized spacial score (nSPS) is 28.5. The standard InChI is InChI=1S/C8H9Cl2N3O/c1-7(4-8(7,9)10)6(14)13-5-2-11-12-3-5/h2-3H,4H2,1H3,(H,11,12)(H,13,14)/t7-/m0/s1.